The zero-order chi connectivity index (χ0) is 21.5. The van der Waals surface area contributed by atoms with Crippen LogP contribution in [0, 0.1) is 0 Å². The van der Waals surface area contributed by atoms with Gasteiger partial charge in [0.25, 0.3) is 0 Å². The van der Waals surface area contributed by atoms with E-state index in [4.69, 9.17) is 0 Å². The number of aliphatic hydroxyl groups is 1. The Kier molecular flexibility index (Phi) is 5.13. The molecule has 5 N–H and O–H groups in total. The number of β-amino-alcohol motifs (C(OH)–C–C–N with tert-alkyl or cyclic N) is 1. The molecule has 2 aromatic carbocycles. The lowest BCUT2D eigenvalue weighted by atomic mass is 9.97. The SMILES string of the molecule is CC(C)(CCn1c(=O)[nH]c2ccccc21)NCC(O)c1cc(O)cc2c1CC(=O)N2. The number of aliphatic hydroxyl groups excluding tert-OH is 1. The van der Waals surface area contributed by atoms with E-state index in [1.54, 1.807) is 4.57 Å². The fraction of sp³-hybridized carbons (Fsp3) is 0.364. The number of carbonyl (C=O) groups excluding carboxylic acids is 1. The Morgan fingerprint density at radius 1 is 1.23 bits per heavy atom. The number of aryl methyl sites for hydroxylation is 1. The normalized spacial score (nSPS) is 14.7. The van der Waals surface area contributed by atoms with Gasteiger partial charge in [-0.2, -0.15) is 0 Å². The third-order valence-electron chi connectivity index (χ3n) is 5.66. The van der Waals surface area contributed by atoms with Crippen molar-refractivity contribution in [3.63, 3.8) is 0 Å². The van der Waals surface area contributed by atoms with Gasteiger partial charge in [-0.15, -0.1) is 0 Å². The van der Waals surface area contributed by atoms with Crippen molar-refractivity contribution in [2.45, 2.75) is 44.9 Å². The van der Waals surface area contributed by atoms with E-state index < -0.39 is 6.10 Å². The summed E-state index contributed by atoms with van der Waals surface area (Å²) in [6.07, 6.45) is -0.0252. The molecular formula is C22H26N4O4. The predicted octanol–water partition coefficient (Wildman–Crippen LogP) is 2.02. The number of para-hydroxylation sites is 2. The van der Waals surface area contributed by atoms with Crippen molar-refractivity contribution in [1.82, 2.24) is 14.9 Å². The van der Waals surface area contributed by atoms with E-state index in [1.807, 2.05) is 38.1 Å². The van der Waals surface area contributed by atoms with E-state index >= 15 is 0 Å². The molecule has 0 bridgehead atoms. The van der Waals surface area contributed by atoms with Crippen LogP contribution in [0.25, 0.3) is 11.0 Å². The van der Waals surface area contributed by atoms with Crippen LogP contribution in [0.15, 0.2) is 41.2 Å². The van der Waals surface area contributed by atoms with E-state index in [0.717, 1.165) is 16.6 Å². The molecule has 1 unspecified atom stereocenters. The van der Waals surface area contributed by atoms with Crippen molar-refractivity contribution in [2.24, 2.45) is 0 Å². The Hall–Kier alpha value is -3.10. The van der Waals surface area contributed by atoms with Crippen LogP contribution in [0.5, 0.6) is 5.75 Å². The molecule has 0 radical (unpaired) electrons. The van der Waals surface area contributed by atoms with Gasteiger partial charge in [0.2, 0.25) is 5.91 Å². The Balaban J connectivity index is 1.43. The maximum atomic E-state index is 12.3. The topological polar surface area (TPSA) is 119 Å². The lowest BCUT2D eigenvalue weighted by molar-refractivity contribution is -0.115. The van der Waals surface area contributed by atoms with E-state index in [2.05, 4.69) is 15.6 Å². The monoisotopic (exact) mass is 410 g/mol. The number of phenolic OH excluding ortho intramolecular Hbond substituents is 1. The molecule has 2 heterocycles. The lowest BCUT2D eigenvalue weighted by Crippen LogP contribution is -2.42. The first-order chi connectivity index (χ1) is 14.2. The molecule has 1 aromatic heterocycles. The number of H-pyrrole nitrogens is 1. The van der Waals surface area contributed by atoms with Crippen molar-refractivity contribution in [2.75, 3.05) is 11.9 Å². The number of aromatic hydroxyl groups is 1. The molecule has 0 saturated carbocycles. The molecule has 1 aliphatic rings. The second-order valence-electron chi connectivity index (χ2n) is 8.42. The van der Waals surface area contributed by atoms with Gasteiger partial charge in [0.15, 0.2) is 0 Å². The molecule has 8 nitrogen and oxygen atoms in total. The Labute approximate surface area is 173 Å². The quantitative estimate of drug-likeness (QED) is 0.408. The minimum absolute atomic E-state index is 0.00275. The molecule has 1 aliphatic heterocycles. The Morgan fingerprint density at radius 2 is 2.00 bits per heavy atom. The van der Waals surface area contributed by atoms with Crippen molar-refractivity contribution in [3.05, 3.63) is 58.0 Å². The van der Waals surface area contributed by atoms with Gasteiger partial charge in [0.05, 0.1) is 23.6 Å². The van der Waals surface area contributed by atoms with Gasteiger partial charge in [0.1, 0.15) is 5.75 Å². The summed E-state index contributed by atoms with van der Waals surface area (Å²) >= 11 is 0. The first kappa shape index (κ1) is 20.2. The molecule has 0 aliphatic carbocycles. The summed E-state index contributed by atoms with van der Waals surface area (Å²) in [7, 11) is 0. The minimum atomic E-state index is -0.881. The maximum absolute atomic E-state index is 12.3. The minimum Gasteiger partial charge on any atom is -0.508 e. The van der Waals surface area contributed by atoms with Crippen LogP contribution in [0.1, 0.15) is 37.5 Å². The zero-order valence-electron chi connectivity index (χ0n) is 17.0. The van der Waals surface area contributed by atoms with E-state index in [1.165, 1.54) is 12.1 Å². The molecule has 3 aromatic rings. The molecule has 30 heavy (non-hydrogen) atoms. The van der Waals surface area contributed by atoms with Crippen LogP contribution in [0.4, 0.5) is 5.69 Å². The Morgan fingerprint density at radius 3 is 2.80 bits per heavy atom. The second-order valence-corrected chi connectivity index (χ2v) is 8.42. The molecule has 0 spiro atoms. The van der Waals surface area contributed by atoms with Gasteiger partial charge in [0, 0.05) is 30.4 Å². The molecule has 1 atom stereocenters. The van der Waals surface area contributed by atoms with Crippen molar-refractivity contribution in [3.8, 4) is 5.75 Å². The predicted molar refractivity (Wildman–Crippen MR) is 115 cm³/mol. The highest BCUT2D eigenvalue weighted by Gasteiger charge is 2.26. The number of nitrogens with zero attached hydrogens (tertiary/aromatic N) is 1. The summed E-state index contributed by atoms with van der Waals surface area (Å²) in [6.45, 7) is 4.80. The van der Waals surface area contributed by atoms with Crippen molar-refractivity contribution < 1.29 is 15.0 Å². The summed E-state index contributed by atoms with van der Waals surface area (Å²) in [5.74, 6) is -0.149. The van der Waals surface area contributed by atoms with Crippen LogP contribution < -0.4 is 16.3 Å². The average molecular weight is 410 g/mol. The van der Waals surface area contributed by atoms with Gasteiger partial charge < -0.3 is 25.8 Å². The Bertz CT molecular complexity index is 1160. The largest absolute Gasteiger partial charge is 0.508 e. The molecule has 8 heteroatoms. The van der Waals surface area contributed by atoms with Crippen LogP contribution in [0.3, 0.4) is 0 Å². The number of benzene rings is 2. The van der Waals surface area contributed by atoms with Gasteiger partial charge in [-0.1, -0.05) is 12.1 Å². The summed E-state index contributed by atoms with van der Waals surface area (Å²) < 4.78 is 1.72. The lowest BCUT2D eigenvalue weighted by Gasteiger charge is -2.28. The number of amides is 1. The first-order valence-corrected chi connectivity index (χ1v) is 10.00. The van der Waals surface area contributed by atoms with Crippen molar-refractivity contribution in [1.29, 1.82) is 0 Å². The average Bonchev–Trinajstić information content (AvgIpc) is 3.22. The molecule has 1 amide bonds. The van der Waals surface area contributed by atoms with Gasteiger partial charge in [-0.05, 0) is 49.6 Å². The summed E-state index contributed by atoms with van der Waals surface area (Å²) in [5, 5.41) is 26.7. The highest BCUT2D eigenvalue weighted by molar-refractivity contribution is 6.00. The summed E-state index contributed by atoms with van der Waals surface area (Å²) in [5.41, 5.74) is 2.99. The fourth-order valence-corrected chi connectivity index (χ4v) is 3.93. The number of carbonyl (C=O) groups is 1. The number of phenols is 1. The molecular weight excluding hydrogens is 384 g/mol. The van der Waals surface area contributed by atoms with Crippen LogP contribution in [-0.2, 0) is 17.8 Å². The number of hydrogen-bond donors (Lipinski definition) is 5. The number of anilines is 1. The third-order valence-corrected chi connectivity index (χ3v) is 5.66. The van der Waals surface area contributed by atoms with Gasteiger partial charge >= 0.3 is 5.69 Å². The molecule has 4 rings (SSSR count). The first-order valence-electron chi connectivity index (χ1n) is 10.00. The summed E-state index contributed by atoms with van der Waals surface area (Å²) in [6, 6.07) is 10.6. The fourth-order valence-electron chi connectivity index (χ4n) is 3.93. The van der Waals surface area contributed by atoms with Crippen LogP contribution in [0.2, 0.25) is 0 Å². The number of fused-ring (bicyclic) bond motifs is 2. The number of aromatic nitrogens is 2. The number of imidazole rings is 1. The molecule has 0 saturated heterocycles. The standard InChI is InChI=1S/C22H26N4O4/c1-22(2,7-8-26-18-6-4-3-5-16(18)25-21(26)30)23-12-19(28)15-9-13(27)10-17-14(15)11-20(29)24-17/h3-6,9-10,19,23,27-28H,7-8,11-12H2,1-2H3,(H,24,29)(H,25,30). The van der Waals surface area contributed by atoms with Crippen LogP contribution >= 0.6 is 0 Å². The third kappa shape index (κ3) is 3.96. The number of rotatable bonds is 7. The van der Waals surface area contributed by atoms with E-state index in [9.17, 15) is 19.8 Å². The maximum Gasteiger partial charge on any atom is 0.326 e. The number of hydrogen-bond acceptors (Lipinski definition) is 5. The molecule has 0 fully saturated rings. The summed E-state index contributed by atoms with van der Waals surface area (Å²) in [4.78, 5) is 26.8. The highest BCUT2D eigenvalue weighted by atomic mass is 16.3. The number of nitrogens with one attached hydrogen (secondary N) is 3. The second kappa shape index (κ2) is 7.62. The van der Waals surface area contributed by atoms with E-state index in [-0.39, 0.29) is 35.9 Å². The van der Waals surface area contributed by atoms with Gasteiger partial charge in [-0.3, -0.25) is 9.36 Å². The number of aromatic amines is 1. The van der Waals surface area contributed by atoms with Crippen LogP contribution in [-0.4, -0.2) is 37.8 Å². The molecule has 158 valence electrons. The highest BCUT2D eigenvalue weighted by Crippen LogP contribution is 2.34. The zero-order valence-corrected chi connectivity index (χ0v) is 17.0. The van der Waals surface area contributed by atoms with Crippen molar-refractivity contribution >= 4 is 22.6 Å². The van der Waals surface area contributed by atoms with Gasteiger partial charge in [-0.25, -0.2) is 4.79 Å². The smallest absolute Gasteiger partial charge is 0.326 e. The van der Waals surface area contributed by atoms with E-state index in [0.29, 0.717) is 24.2 Å².